The number of carbonyl (C=O) groups excluding carboxylic acids is 1. The Balaban J connectivity index is 1.57. The molecule has 0 aliphatic carbocycles. The number of hydrogen-bond acceptors (Lipinski definition) is 6. The molecule has 0 saturated carbocycles. The first-order chi connectivity index (χ1) is 15.0. The SMILES string of the molecule is CCCOc1ccc(Oc2ncc(/C=C/[C@H](C)NC(=O)c3ccncc3F)s2)c(Cl)c1. The predicted octanol–water partition coefficient (Wildman–Crippen LogP) is 5.74. The molecular formula is C22H21ClFN3O3S. The summed E-state index contributed by atoms with van der Waals surface area (Å²) in [7, 11) is 0. The van der Waals surface area contributed by atoms with Crippen molar-refractivity contribution >= 4 is 34.9 Å². The van der Waals surface area contributed by atoms with Crippen LogP contribution in [0.25, 0.3) is 6.08 Å². The summed E-state index contributed by atoms with van der Waals surface area (Å²) in [6.07, 6.45) is 8.53. The van der Waals surface area contributed by atoms with Crippen molar-refractivity contribution in [1.82, 2.24) is 15.3 Å². The van der Waals surface area contributed by atoms with Crippen LogP contribution in [0.3, 0.4) is 0 Å². The Morgan fingerprint density at radius 3 is 2.94 bits per heavy atom. The molecule has 0 fully saturated rings. The van der Waals surface area contributed by atoms with E-state index in [0.717, 1.165) is 17.5 Å². The monoisotopic (exact) mass is 461 g/mol. The molecule has 1 atom stereocenters. The molecule has 0 aliphatic heterocycles. The van der Waals surface area contributed by atoms with E-state index in [4.69, 9.17) is 21.1 Å². The van der Waals surface area contributed by atoms with Crippen LogP contribution in [0.1, 0.15) is 35.5 Å². The van der Waals surface area contributed by atoms with E-state index in [9.17, 15) is 9.18 Å². The van der Waals surface area contributed by atoms with Gasteiger partial charge in [0.1, 0.15) is 11.5 Å². The number of benzene rings is 1. The van der Waals surface area contributed by atoms with Gasteiger partial charge in [-0.05, 0) is 37.6 Å². The van der Waals surface area contributed by atoms with Crippen molar-refractivity contribution in [2.75, 3.05) is 6.61 Å². The van der Waals surface area contributed by atoms with E-state index >= 15 is 0 Å². The van der Waals surface area contributed by atoms with E-state index in [1.54, 1.807) is 37.4 Å². The smallest absolute Gasteiger partial charge is 0.279 e. The number of aromatic nitrogens is 2. The van der Waals surface area contributed by atoms with E-state index in [1.807, 2.05) is 13.0 Å². The van der Waals surface area contributed by atoms with Crippen LogP contribution in [-0.4, -0.2) is 28.5 Å². The highest BCUT2D eigenvalue weighted by molar-refractivity contribution is 7.14. The zero-order chi connectivity index (χ0) is 22.2. The van der Waals surface area contributed by atoms with Gasteiger partial charge in [-0.15, -0.1) is 0 Å². The van der Waals surface area contributed by atoms with Crippen molar-refractivity contribution in [3.8, 4) is 16.7 Å². The van der Waals surface area contributed by atoms with Gasteiger partial charge in [0, 0.05) is 24.5 Å². The summed E-state index contributed by atoms with van der Waals surface area (Å²) in [5.74, 6) is -0.00419. The molecule has 2 aromatic heterocycles. The molecule has 6 nitrogen and oxygen atoms in total. The Morgan fingerprint density at radius 2 is 2.19 bits per heavy atom. The second-order valence-electron chi connectivity index (χ2n) is 6.55. The van der Waals surface area contributed by atoms with Crippen LogP contribution in [-0.2, 0) is 0 Å². The van der Waals surface area contributed by atoms with Crippen LogP contribution in [0.4, 0.5) is 4.39 Å². The lowest BCUT2D eigenvalue weighted by molar-refractivity contribution is 0.0943. The molecule has 3 rings (SSSR count). The second kappa shape index (κ2) is 10.9. The summed E-state index contributed by atoms with van der Waals surface area (Å²) in [6, 6.07) is 6.25. The number of hydrogen-bond donors (Lipinski definition) is 1. The molecule has 1 amide bonds. The Bertz CT molecular complexity index is 1070. The normalized spacial score (nSPS) is 12.0. The Hall–Kier alpha value is -2.97. The fourth-order valence-electron chi connectivity index (χ4n) is 2.49. The maximum atomic E-state index is 13.7. The molecule has 1 N–H and O–H groups in total. The fourth-order valence-corrected chi connectivity index (χ4v) is 3.39. The minimum absolute atomic E-state index is 0.0493. The van der Waals surface area contributed by atoms with E-state index < -0.39 is 11.7 Å². The van der Waals surface area contributed by atoms with Crippen LogP contribution in [0.5, 0.6) is 16.7 Å². The highest BCUT2D eigenvalue weighted by Gasteiger charge is 2.13. The third-order valence-electron chi connectivity index (χ3n) is 4.00. The highest BCUT2D eigenvalue weighted by Crippen LogP contribution is 2.34. The summed E-state index contributed by atoms with van der Waals surface area (Å²) < 4.78 is 25.0. The van der Waals surface area contributed by atoms with E-state index in [1.165, 1.54) is 23.6 Å². The molecule has 0 saturated heterocycles. The summed E-state index contributed by atoms with van der Waals surface area (Å²) in [5, 5.41) is 3.57. The lowest BCUT2D eigenvalue weighted by Crippen LogP contribution is -2.31. The second-order valence-corrected chi connectivity index (χ2v) is 7.98. The van der Waals surface area contributed by atoms with Gasteiger partial charge in [-0.3, -0.25) is 9.78 Å². The number of pyridine rings is 1. The summed E-state index contributed by atoms with van der Waals surface area (Å²) in [4.78, 5) is 20.8. The topological polar surface area (TPSA) is 73.3 Å². The summed E-state index contributed by atoms with van der Waals surface area (Å²) >= 11 is 7.59. The van der Waals surface area contributed by atoms with Gasteiger partial charge in [-0.2, -0.15) is 0 Å². The first kappa shape index (κ1) is 22.7. The molecule has 162 valence electrons. The largest absolute Gasteiger partial charge is 0.494 e. The third-order valence-corrected chi connectivity index (χ3v) is 5.14. The molecule has 2 heterocycles. The molecule has 9 heteroatoms. The van der Waals surface area contributed by atoms with Gasteiger partial charge in [0.2, 0.25) is 0 Å². The van der Waals surface area contributed by atoms with Gasteiger partial charge in [-0.1, -0.05) is 35.9 Å². The Kier molecular flexibility index (Phi) is 7.97. The highest BCUT2D eigenvalue weighted by atomic mass is 35.5. The Labute approximate surface area is 188 Å². The first-order valence-electron chi connectivity index (χ1n) is 9.61. The number of carbonyl (C=O) groups is 1. The van der Waals surface area contributed by atoms with E-state index in [2.05, 4.69) is 15.3 Å². The lowest BCUT2D eigenvalue weighted by Gasteiger charge is -2.09. The number of thiazole rings is 1. The maximum absolute atomic E-state index is 13.7. The van der Waals surface area contributed by atoms with Crippen LogP contribution in [0.15, 0.2) is 48.9 Å². The van der Waals surface area contributed by atoms with Crippen LogP contribution < -0.4 is 14.8 Å². The van der Waals surface area contributed by atoms with Crippen molar-refractivity contribution in [2.45, 2.75) is 26.3 Å². The number of nitrogens with one attached hydrogen (secondary N) is 1. The number of nitrogens with zero attached hydrogens (tertiary/aromatic N) is 2. The molecule has 0 aliphatic rings. The third kappa shape index (κ3) is 6.50. The molecule has 0 unspecified atom stereocenters. The maximum Gasteiger partial charge on any atom is 0.279 e. The van der Waals surface area contributed by atoms with Gasteiger partial charge in [0.15, 0.2) is 5.82 Å². The van der Waals surface area contributed by atoms with Crippen LogP contribution in [0.2, 0.25) is 5.02 Å². The van der Waals surface area contributed by atoms with Gasteiger partial charge < -0.3 is 14.8 Å². The van der Waals surface area contributed by atoms with Gasteiger partial charge in [0.05, 0.1) is 28.3 Å². The first-order valence-corrected chi connectivity index (χ1v) is 10.8. The van der Waals surface area contributed by atoms with E-state index in [0.29, 0.717) is 28.3 Å². The van der Waals surface area contributed by atoms with Crippen molar-refractivity contribution < 1.29 is 18.7 Å². The number of ether oxygens (including phenoxy) is 2. The average Bonchev–Trinajstić information content (AvgIpc) is 3.20. The zero-order valence-corrected chi connectivity index (χ0v) is 18.5. The van der Waals surface area contributed by atoms with Crippen molar-refractivity contribution in [2.24, 2.45) is 0 Å². The number of rotatable bonds is 9. The lowest BCUT2D eigenvalue weighted by atomic mass is 10.2. The molecule has 1 aromatic carbocycles. The minimum atomic E-state index is -0.663. The zero-order valence-electron chi connectivity index (χ0n) is 17.0. The average molecular weight is 462 g/mol. The molecular weight excluding hydrogens is 441 g/mol. The molecule has 0 spiro atoms. The summed E-state index contributed by atoms with van der Waals surface area (Å²) in [6.45, 7) is 4.44. The summed E-state index contributed by atoms with van der Waals surface area (Å²) in [5.41, 5.74) is -0.0493. The van der Waals surface area contributed by atoms with Crippen LogP contribution >= 0.6 is 22.9 Å². The van der Waals surface area contributed by atoms with Gasteiger partial charge >= 0.3 is 0 Å². The molecule has 3 aromatic rings. The Morgan fingerprint density at radius 1 is 1.35 bits per heavy atom. The fraction of sp³-hybridized carbons (Fsp3) is 0.227. The van der Waals surface area contributed by atoms with Crippen molar-refractivity contribution in [3.63, 3.8) is 0 Å². The molecule has 31 heavy (non-hydrogen) atoms. The van der Waals surface area contributed by atoms with Crippen molar-refractivity contribution in [3.05, 3.63) is 70.2 Å². The number of halogens is 2. The van der Waals surface area contributed by atoms with Crippen LogP contribution in [0, 0.1) is 5.82 Å². The van der Waals surface area contributed by atoms with Crippen molar-refractivity contribution in [1.29, 1.82) is 0 Å². The number of amides is 1. The predicted molar refractivity (Wildman–Crippen MR) is 120 cm³/mol. The minimum Gasteiger partial charge on any atom is -0.494 e. The quantitative estimate of drug-likeness (QED) is 0.439. The standard InChI is InChI=1S/C22H21ClFN3O3S/c1-3-10-29-15-5-7-20(18(23)11-15)30-22-26-12-16(31-22)6-4-14(2)27-21(28)17-8-9-25-13-19(17)24/h4-9,11-14H,3,10H2,1-2H3,(H,27,28)/b6-4+/t14-/m0/s1. The van der Waals surface area contributed by atoms with Gasteiger partial charge in [-0.25, -0.2) is 9.37 Å². The van der Waals surface area contributed by atoms with Gasteiger partial charge in [0.25, 0.3) is 11.1 Å². The van der Waals surface area contributed by atoms with E-state index in [-0.39, 0.29) is 11.6 Å². The molecule has 0 radical (unpaired) electrons. The molecule has 0 bridgehead atoms.